The fourth-order valence-electron chi connectivity index (χ4n) is 3.15. The maximum absolute atomic E-state index is 12.7. The van der Waals surface area contributed by atoms with Crippen molar-refractivity contribution in [1.29, 1.82) is 0 Å². The van der Waals surface area contributed by atoms with Gasteiger partial charge in [-0.05, 0) is 31.0 Å². The molecule has 0 bridgehead atoms. The third kappa shape index (κ3) is 3.41. The lowest BCUT2D eigenvalue weighted by molar-refractivity contribution is 0.184. The minimum absolute atomic E-state index is 0.0931. The number of nitrogens with one attached hydrogen (secondary N) is 1. The standard InChI is InChI=1S/C18H21N5O2S/c1-11(2)16-21-17(25-22-16)12-4-3-7-23(9-12)18(24)20-13-5-6-15-14(8-13)19-10-26-15/h5-6,8,10-12H,3-4,7,9H2,1-2H3,(H,20,24)/t12-/m0/s1. The number of piperidine rings is 1. The number of benzene rings is 1. The Balaban J connectivity index is 1.43. The molecule has 7 nitrogen and oxygen atoms in total. The molecule has 3 aromatic rings. The van der Waals surface area contributed by atoms with Crippen molar-refractivity contribution in [3.05, 3.63) is 35.4 Å². The predicted octanol–water partition coefficient (Wildman–Crippen LogP) is 4.21. The molecule has 26 heavy (non-hydrogen) atoms. The summed E-state index contributed by atoms with van der Waals surface area (Å²) < 4.78 is 6.53. The van der Waals surface area contributed by atoms with Crippen LogP contribution < -0.4 is 5.32 Å². The van der Waals surface area contributed by atoms with Crippen LogP contribution in [0.15, 0.2) is 28.2 Å². The van der Waals surface area contributed by atoms with E-state index in [0.717, 1.165) is 41.1 Å². The van der Waals surface area contributed by atoms with Crippen molar-refractivity contribution in [2.24, 2.45) is 0 Å². The van der Waals surface area contributed by atoms with Crippen LogP contribution in [0.25, 0.3) is 10.2 Å². The molecule has 1 aromatic carbocycles. The molecule has 1 atom stereocenters. The highest BCUT2D eigenvalue weighted by Gasteiger charge is 2.29. The molecule has 136 valence electrons. The van der Waals surface area contributed by atoms with Gasteiger partial charge in [-0.15, -0.1) is 11.3 Å². The zero-order valence-corrected chi connectivity index (χ0v) is 15.6. The van der Waals surface area contributed by atoms with Gasteiger partial charge in [0.05, 0.1) is 21.6 Å². The molecule has 1 aliphatic heterocycles. The number of likely N-dealkylation sites (tertiary alicyclic amines) is 1. The number of hydrogen-bond acceptors (Lipinski definition) is 6. The van der Waals surface area contributed by atoms with Gasteiger partial charge in [0.15, 0.2) is 5.82 Å². The molecular weight excluding hydrogens is 350 g/mol. The highest BCUT2D eigenvalue weighted by molar-refractivity contribution is 7.16. The van der Waals surface area contributed by atoms with Gasteiger partial charge in [0.1, 0.15) is 0 Å². The van der Waals surface area contributed by atoms with Gasteiger partial charge < -0.3 is 14.7 Å². The molecule has 0 aliphatic carbocycles. The monoisotopic (exact) mass is 371 g/mol. The van der Waals surface area contributed by atoms with Crippen molar-refractivity contribution in [1.82, 2.24) is 20.0 Å². The number of carbonyl (C=O) groups excluding carboxylic acids is 1. The van der Waals surface area contributed by atoms with E-state index >= 15 is 0 Å². The molecule has 2 aromatic heterocycles. The zero-order valence-electron chi connectivity index (χ0n) is 14.8. The zero-order chi connectivity index (χ0) is 18.1. The molecule has 3 heterocycles. The number of anilines is 1. The van der Waals surface area contributed by atoms with Crippen LogP contribution in [0.3, 0.4) is 0 Å². The summed E-state index contributed by atoms with van der Waals surface area (Å²) in [4.78, 5) is 23.3. The van der Waals surface area contributed by atoms with E-state index < -0.39 is 0 Å². The van der Waals surface area contributed by atoms with E-state index in [2.05, 4.69) is 20.4 Å². The Morgan fingerprint density at radius 2 is 2.31 bits per heavy atom. The number of rotatable bonds is 3. The number of urea groups is 1. The number of carbonyl (C=O) groups is 1. The van der Waals surface area contributed by atoms with Crippen molar-refractivity contribution in [2.75, 3.05) is 18.4 Å². The van der Waals surface area contributed by atoms with Crippen molar-refractivity contribution in [2.45, 2.75) is 38.5 Å². The van der Waals surface area contributed by atoms with Crippen molar-refractivity contribution in [3.63, 3.8) is 0 Å². The van der Waals surface area contributed by atoms with Crippen molar-refractivity contribution >= 4 is 33.3 Å². The van der Waals surface area contributed by atoms with E-state index in [9.17, 15) is 4.79 Å². The van der Waals surface area contributed by atoms with Gasteiger partial charge in [-0.1, -0.05) is 19.0 Å². The average molecular weight is 371 g/mol. The lowest BCUT2D eigenvalue weighted by atomic mass is 9.98. The largest absolute Gasteiger partial charge is 0.339 e. The number of thiazole rings is 1. The van der Waals surface area contributed by atoms with Gasteiger partial charge in [-0.3, -0.25) is 0 Å². The highest BCUT2D eigenvalue weighted by atomic mass is 32.1. The summed E-state index contributed by atoms with van der Waals surface area (Å²) in [6.45, 7) is 5.39. The molecule has 0 saturated carbocycles. The molecule has 0 radical (unpaired) electrons. The Bertz CT molecular complexity index is 919. The topological polar surface area (TPSA) is 84.2 Å². The third-order valence-electron chi connectivity index (χ3n) is 4.61. The molecular formula is C18H21N5O2S. The molecule has 0 unspecified atom stereocenters. The Morgan fingerprint density at radius 3 is 3.12 bits per heavy atom. The Kier molecular flexibility index (Phi) is 4.58. The predicted molar refractivity (Wildman–Crippen MR) is 101 cm³/mol. The Morgan fingerprint density at radius 1 is 1.42 bits per heavy atom. The van der Waals surface area contributed by atoms with E-state index in [1.165, 1.54) is 0 Å². The summed E-state index contributed by atoms with van der Waals surface area (Å²) >= 11 is 1.59. The SMILES string of the molecule is CC(C)c1noc([C@H]2CCCN(C(=O)Nc3ccc4scnc4c3)C2)n1. The van der Waals surface area contributed by atoms with Crippen LogP contribution in [0.4, 0.5) is 10.5 Å². The molecule has 1 N–H and O–H groups in total. The van der Waals surface area contributed by atoms with E-state index in [0.29, 0.717) is 12.4 Å². The molecule has 4 rings (SSSR count). The quantitative estimate of drug-likeness (QED) is 0.745. The molecule has 1 aliphatic rings. The maximum atomic E-state index is 12.7. The average Bonchev–Trinajstić information content (AvgIpc) is 3.31. The first-order valence-electron chi connectivity index (χ1n) is 8.83. The van der Waals surface area contributed by atoms with Crippen LogP contribution in [0.1, 0.15) is 50.2 Å². The summed E-state index contributed by atoms with van der Waals surface area (Å²) in [6, 6.07) is 5.69. The minimum Gasteiger partial charge on any atom is -0.339 e. The summed E-state index contributed by atoms with van der Waals surface area (Å²) in [5.41, 5.74) is 3.47. The lowest BCUT2D eigenvalue weighted by Gasteiger charge is -2.31. The second-order valence-electron chi connectivity index (χ2n) is 6.90. The summed E-state index contributed by atoms with van der Waals surface area (Å²) in [7, 11) is 0. The van der Waals surface area contributed by atoms with E-state index in [1.54, 1.807) is 16.8 Å². The lowest BCUT2D eigenvalue weighted by Crippen LogP contribution is -2.41. The number of aromatic nitrogens is 3. The van der Waals surface area contributed by atoms with Crippen molar-refractivity contribution < 1.29 is 9.32 Å². The highest BCUT2D eigenvalue weighted by Crippen LogP contribution is 2.27. The third-order valence-corrected chi connectivity index (χ3v) is 5.42. The van der Waals surface area contributed by atoms with Crippen LogP contribution >= 0.6 is 11.3 Å². The van der Waals surface area contributed by atoms with Crippen LogP contribution in [0.5, 0.6) is 0 Å². The first-order valence-corrected chi connectivity index (χ1v) is 9.71. The Hall–Kier alpha value is -2.48. The van der Waals surface area contributed by atoms with Gasteiger partial charge in [0, 0.05) is 24.7 Å². The maximum Gasteiger partial charge on any atom is 0.321 e. The van der Waals surface area contributed by atoms with Crippen LogP contribution in [-0.4, -0.2) is 39.1 Å². The molecule has 2 amide bonds. The van der Waals surface area contributed by atoms with Crippen molar-refractivity contribution in [3.8, 4) is 0 Å². The molecule has 1 saturated heterocycles. The van der Waals surface area contributed by atoms with Gasteiger partial charge in [0.2, 0.25) is 5.89 Å². The van der Waals surface area contributed by atoms with Crippen LogP contribution in [0, 0.1) is 0 Å². The van der Waals surface area contributed by atoms with E-state index in [4.69, 9.17) is 4.52 Å². The summed E-state index contributed by atoms with van der Waals surface area (Å²) in [5.74, 6) is 1.68. The van der Waals surface area contributed by atoms with E-state index in [-0.39, 0.29) is 17.9 Å². The van der Waals surface area contributed by atoms with Crippen LogP contribution in [-0.2, 0) is 0 Å². The van der Waals surface area contributed by atoms with Gasteiger partial charge in [-0.2, -0.15) is 4.98 Å². The minimum atomic E-state index is -0.104. The van der Waals surface area contributed by atoms with Gasteiger partial charge >= 0.3 is 6.03 Å². The van der Waals surface area contributed by atoms with Gasteiger partial charge in [0.25, 0.3) is 0 Å². The summed E-state index contributed by atoms with van der Waals surface area (Å²) in [6.07, 6.45) is 1.87. The summed E-state index contributed by atoms with van der Waals surface area (Å²) in [5, 5.41) is 7.02. The molecule has 8 heteroatoms. The number of fused-ring (bicyclic) bond motifs is 1. The fraction of sp³-hybridized carbons (Fsp3) is 0.444. The number of amides is 2. The molecule has 1 fully saturated rings. The molecule has 0 spiro atoms. The van der Waals surface area contributed by atoms with Gasteiger partial charge in [-0.25, -0.2) is 9.78 Å². The Labute approximate surface area is 155 Å². The first kappa shape index (κ1) is 17.0. The number of nitrogens with zero attached hydrogens (tertiary/aromatic N) is 4. The second kappa shape index (κ2) is 7.03. The second-order valence-corrected chi connectivity index (χ2v) is 7.78. The number of hydrogen-bond donors (Lipinski definition) is 1. The normalized spacial score (nSPS) is 17.8. The van der Waals surface area contributed by atoms with Crippen LogP contribution in [0.2, 0.25) is 0 Å². The first-order chi connectivity index (χ1) is 12.6. The van der Waals surface area contributed by atoms with E-state index in [1.807, 2.05) is 36.9 Å². The smallest absolute Gasteiger partial charge is 0.321 e. The fourth-order valence-corrected chi connectivity index (χ4v) is 3.81.